The van der Waals surface area contributed by atoms with Gasteiger partial charge in [-0.1, -0.05) is 5.16 Å². The average molecular weight is 566 g/mol. The van der Waals surface area contributed by atoms with E-state index in [1.54, 1.807) is 6.08 Å². The van der Waals surface area contributed by atoms with E-state index in [1.165, 1.54) is 47.0 Å². The number of nitrogens with zero attached hydrogens (tertiary/aromatic N) is 4. The third kappa shape index (κ3) is 4.21. The van der Waals surface area contributed by atoms with Crippen LogP contribution < -0.4 is 16.4 Å². The van der Waals surface area contributed by atoms with E-state index < -0.39 is 52.4 Å². The highest BCUT2D eigenvalue weighted by Crippen LogP contribution is 2.40. The fraction of sp³-hybridized carbons (Fsp3) is 0.350. The first-order chi connectivity index (χ1) is 17.7. The lowest BCUT2D eigenvalue weighted by Gasteiger charge is -2.50. The van der Waals surface area contributed by atoms with Crippen LogP contribution in [-0.2, 0) is 28.8 Å². The molecule has 194 valence electrons. The molecule has 2 saturated heterocycles. The largest absolute Gasteiger partial charge is 0.477 e. The van der Waals surface area contributed by atoms with Crippen molar-refractivity contribution in [3.63, 3.8) is 0 Å². The Balaban J connectivity index is 1.24. The first-order valence-corrected chi connectivity index (χ1v) is 13.7. The minimum atomic E-state index is -1.21. The number of anilines is 1. The monoisotopic (exact) mass is 565 g/mol. The molecular weight excluding hydrogens is 546 g/mol. The summed E-state index contributed by atoms with van der Waals surface area (Å²) in [4.78, 5) is 74.0. The van der Waals surface area contributed by atoms with Crippen molar-refractivity contribution in [3.8, 4) is 0 Å². The summed E-state index contributed by atoms with van der Waals surface area (Å²) in [6, 6.07) is -1.84. The van der Waals surface area contributed by atoms with Crippen molar-refractivity contribution >= 4 is 75.3 Å². The SMILES string of the molecule is CO/N=C(/C(=O)N[C@@H]1C(=O)N2C(C(=O)N[C@H]3C(=O)N4C(C(=O)O)=CCS[C@H]34)=CCS[C@H]12)c1csc(N)n1. The first-order valence-electron chi connectivity index (χ1n) is 10.7. The highest BCUT2D eigenvalue weighted by molar-refractivity contribution is 8.00. The fourth-order valence-corrected chi connectivity index (χ4v) is 7.14. The van der Waals surface area contributed by atoms with Gasteiger partial charge in [0.25, 0.3) is 23.6 Å². The molecule has 5 N–H and O–H groups in total. The maximum absolute atomic E-state index is 13.0. The molecule has 5 heterocycles. The topological polar surface area (TPSA) is 197 Å². The van der Waals surface area contributed by atoms with Crippen LogP contribution in [0.15, 0.2) is 34.1 Å². The number of carbonyl (C=O) groups is 5. The minimum Gasteiger partial charge on any atom is -0.477 e. The van der Waals surface area contributed by atoms with Crippen LogP contribution in [0.2, 0.25) is 0 Å². The molecule has 5 rings (SSSR count). The van der Waals surface area contributed by atoms with Gasteiger partial charge in [0.05, 0.1) is 0 Å². The number of amides is 4. The molecule has 1 aromatic heterocycles. The summed E-state index contributed by atoms with van der Waals surface area (Å²) in [5.41, 5.74) is 5.64. The Morgan fingerprint density at radius 3 is 2.24 bits per heavy atom. The molecule has 1 aromatic rings. The normalized spacial score (nSPS) is 26.6. The molecule has 0 unspecified atom stereocenters. The zero-order valence-corrected chi connectivity index (χ0v) is 21.4. The number of nitrogens with two attached hydrogens (primary N) is 1. The molecule has 4 atom stereocenters. The van der Waals surface area contributed by atoms with Crippen LogP contribution in [0.4, 0.5) is 5.13 Å². The smallest absolute Gasteiger partial charge is 0.352 e. The predicted octanol–water partition coefficient (Wildman–Crippen LogP) is -1.27. The van der Waals surface area contributed by atoms with E-state index in [1.807, 2.05) is 0 Å². The summed E-state index contributed by atoms with van der Waals surface area (Å²) in [6.45, 7) is 0. The molecule has 0 saturated carbocycles. The van der Waals surface area contributed by atoms with Crippen molar-refractivity contribution in [2.75, 3.05) is 24.3 Å². The molecule has 4 aliphatic heterocycles. The van der Waals surface area contributed by atoms with Gasteiger partial charge in [0.15, 0.2) is 10.8 Å². The molecule has 14 nitrogen and oxygen atoms in total. The number of fused-ring (bicyclic) bond motifs is 2. The van der Waals surface area contributed by atoms with E-state index in [-0.39, 0.29) is 27.9 Å². The lowest BCUT2D eigenvalue weighted by molar-refractivity contribution is -0.151. The molecule has 0 aromatic carbocycles. The molecule has 0 aliphatic carbocycles. The van der Waals surface area contributed by atoms with Gasteiger partial charge in [-0.15, -0.1) is 34.9 Å². The molecule has 0 spiro atoms. The summed E-state index contributed by atoms with van der Waals surface area (Å²) >= 11 is 3.80. The van der Waals surface area contributed by atoms with Crippen LogP contribution in [0.3, 0.4) is 0 Å². The van der Waals surface area contributed by atoms with Gasteiger partial charge in [-0.25, -0.2) is 9.78 Å². The third-order valence-corrected chi connectivity index (χ3v) is 8.92. The van der Waals surface area contributed by atoms with Crippen molar-refractivity contribution in [3.05, 3.63) is 34.6 Å². The molecular formula is C20H19N7O7S3. The van der Waals surface area contributed by atoms with Gasteiger partial charge in [-0.2, -0.15) is 0 Å². The van der Waals surface area contributed by atoms with E-state index in [0.717, 1.165) is 16.2 Å². The number of thioether (sulfide) groups is 2. The van der Waals surface area contributed by atoms with Crippen LogP contribution in [0.25, 0.3) is 0 Å². The fourth-order valence-electron chi connectivity index (χ4n) is 4.20. The van der Waals surface area contributed by atoms with Crippen LogP contribution >= 0.6 is 34.9 Å². The van der Waals surface area contributed by atoms with E-state index in [4.69, 9.17) is 10.6 Å². The highest BCUT2D eigenvalue weighted by atomic mass is 32.2. The Hall–Kier alpha value is -3.57. The van der Waals surface area contributed by atoms with E-state index >= 15 is 0 Å². The van der Waals surface area contributed by atoms with Gasteiger partial charge in [0.2, 0.25) is 0 Å². The van der Waals surface area contributed by atoms with E-state index in [9.17, 15) is 29.1 Å². The van der Waals surface area contributed by atoms with Crippen molar-refractivity contribution in [2.45, 2.75) is 22.8 Å². The number of carboxylic acid groups (broad SMARTS) is 1. The van der Waals surface area contributed by atoms with E-state index in [0.29, 0.717) is 11.5 Å². The van der Waals surface area contributed by atoms with Gasteiger partial charge in [-0.3, -0.25) is 29.0 Å². The molecule has 2 fully saturated rings. The third-order valence-electron chi connectivity index (χ3n) is 5.88. The molecule has 0 radical (unpaired) electrons. The number of hydrogen-bond donors (Lipinski definition) is 4. The maximum atomic E-state index is 13.0. The second-order valence-corrected chi connectivity index (χ2v) is 11.1. The number of thiazole rings is 1. The predicted molar refractivity (Wildman–Crippen MR) is 134 cm³/mol. The lowest BCUT2D eigenvalue weighted by atomic mass is 10.0. The lowest BCUT2D eigenvalue weighted by Crippen LogP contribution is -2.73. The minimum absolute atomic E-state index is 0.0679. The Bertz CT molecular complexity index is 1310. The van der Waals surface area contributed by atoms with Crippen LogP contribution in [0.1, 0.15) is 5.69 Å². The Morgan fingerprint density at radius 2 is 1.68 bits per heavy atom. The molecule has 4 amide bonds. The Labute approximate surface area is 221 Å². The molecule has 37 heavy (non-hydrogen) atoms. The van der Waals surface area contributed by atoms with E-state index in [2.05, 4.69) is 20.8 Å². The zero-order valence-electron chi connectivity index (χ0n) is 18.9. The standard InChI is InChI=1S/C20H19N7O7S3/c1-34-25-10(7-6-37-20(21)22-7)14(29)24-12-15(30)26-8(2-4-35-17(12)26)13(28)23-11-16(31)27-9(19(32)33)3-5-36-18(11)27/h2-3,6,11-12,17-18H,4-5H2,1H3,(H2,21,22)(H,23,28)(H,24,29)(H,32,33)/b25-10+/t11-,12+,17+,18+/m0/s1. The quantitative estimate of drug-likeness (QED) is 0.175. The number of hydrogen-bond acceptors (Lipinski definition) is 12. The zero-order chi connectivity index (χ0) is 26.4. The molecule has 4 aliphatic rings. The first kappa shape index (κ1) is 25.1. The van der Waals surface area contributed by atoms with Crippen molar-refractivity contribution in [1.29, 1.82) is 0 Å². The van der Waals surface area contributed by atoms with Gasteiger partial charge in [-0.05, 0) is 12.2 Å². The number of aliphatic carboxylic acids is 1. The van der Waals surface area contributed by atoms with Crippen LogP contribution in [0.5, 0.6) is 0 Å². The van der Waals surface area contributed by atoms with Gasteiger partial charge < -0.3 is 26.3 Å². The number of nitrogen functional groups attached to an aromatic ring is 1. The summed E-state index contributed by atoms with van der Waals surface area (Å²) < 4.78 is 0. The summed E-state index contributed by atoms with van der Waals surface area (Å²) in [7, 11) is 1.27. The summed E-state index contributed by atoms with van der Waals surface area (Å²) in [5.74, 6) is -2.80. The number of nitrogens with one attached hydrogen (secondary N) is 2. The maximum Gasteiger partial charge on any atom is 0.352 e. The Morgan fingerprint density at radius 1 is 1.08 bits per heavy atom. The Kier molecular flexibility index (Phi) is 6.59. The second-order valence-electron chi connectivity index (χ2n) is 7.94. The number of carboxylic acids is 1. The van der Waals surface area contributed by atoms with Gasteiger partial charge in [0, 0.05) is 16.9 Å². The average Bonchev–Trinajstić information content (AvgIpc) is 3.32. The van der Waals surface area contributed by atoms with Crippen molar-refractivity contribution < 1.29 is 33.9 Å². The molecule has 17 heteroatoms. The molecule has 0 bridgehead atoms. The summed E-state index contributed by atoms with van der Waals surface area (Å²) in [6.07, 6.45) is 3.02. The number of carbonyl (C=O) groups excluding carboxylic acids is 4. The number of rotatable bonds is 7. The summed E-state index contributed by atoms with van der Waals surface area (Å²) in [5, 5.41) is 18.9. The number of β-lactam (4-membered cyclic amide) rings is 2. The van der Waals surface area contributed by atoms with Gasteiger partial charge >= 0.3 is 5.97 Å². The van der Waals surface area contributed by atoms with Crippen molar-refractivity contribution in [1.82, 2.24) is 25.4 Å². The highest BCUT2D eigenvalue weighted by Gasteiger charge is 2.56. The second kappa shape index (κ2) is 9.71. The number of aromatic nitrogens is 1. The van der Waals surface area contributed by atoms with Gasteiger partial charge in [0.1, 0.15) is 47.0 Å². The van der Waals surface area contributed by atoms with Crippen molar-refractivity contribution in [2.24, 2.45) is 5.16 Å². The number of oxime groups is 1. The van der Waals surface area contributed by atoms with Crippen LogP contribution in [0, 0.1) is 0 Å². The van der Waals surface area contributed by atoms with Crippen LogP contribution in [-0.4, -0.2) is 96.6 Å².